The molecule has 3 rings (SSSR count). The average molecular weight is 371 g/mol. The van der Waals surface area contributed by atoms with Crippen molar-refractivity contribution in [2.45, 2.75) is 33.3 Å². The van der Waals surface area contributed by atoms with Crippen LogP contribution in [-0.4, -0.2) is 54.6 Å². The molecule has 11 nitrogen and oxygen atoms in total. The van der Waals surface area contributed by atoms with Crippen molar-refractivity contribution in [3.63, 3.8) is 0 Å². The number of nitrogen functional groups attached to an aromatic ring is 1. The van der Waals surface area contributed by atoms with E-state index in [0.717, 1.165) is 17.0 Å². The second-order valence-electron chi connectivity index (χ2n) is 6.20. The first-order valence-electron chi connectivity index (χ1n) is 8.34. The summed E-state index contributed by atoms with van der Waals surface area (Å²) in [7, 11) is 3.57. The summed E-state index contributed by atoms with van der Waals surface area (Å²) in [4.78, 5) is 34.5. The minimum Gasteiger partial charge on any atom is -0.457 e. The summed E-state index contributed by atoms with van der Waals surface area (Å²) in [6, 6.07) is 0. The van der Waals surface area contributed by atoms with E-state index >= 15 is 0 Å². The summed E-state index contributed by atoms with van der Waals surface area (Å²) >= 11 is 0. The highest BCUT2D eigenvalue weighted by atomic mass is 16.5. The van der Waals surface area contributed by atoms with E-state index in [4.69, 9.17) is 10.5 Å². The van der Waals surface area contributed by atoms with E-state index in [-0.39, 0.29) is 24.9 Å². The molecule has 0 saturated heterocycles. The monoisotopic (exact) mass is 371 g/mol. The van der Waals surface area contributed by atoms with E-state index < -0.39 is 0 Å². The van der Waals surface area contributed by atoms with Crippen LogP contribution in [0.2, 0.25) is 0 Å². The van der Waals surface area contributed by atoms with Crippen molar-refractivity contribution in [3.05, 3.63) is 29.1 Å². The van der Waals surface area contributed by atoms with Crippen LogP contribution < -0.4 is 10.6 Å². The van der Waals surface area contributed by atoms with E-state index in [1.165, 1.54) is 6.33 Å². The van der Waals surface area contributed by atoms with Crippen molar-refractivity contribution in [1.82, 2.24) is 34.5 Å². The van der Waals surface area contributed by atoms with Crippen LogP contribution in [0.4, 0.5) is 11.9 Å². The van der Waals surface area contributed by atoms with Crippen molar-refractivity contribution in [2.24, 2.45) is 0 Å². The Balaban J connectivity index is 1.62. The number of hydrogen-bond donors (Lipinski definition) is 1. The molecule has 0 saturated carbocycles. The number of aromatic nitrogens is 7. The van der Waals surface area contributed by atoms with Crippen LogP contribution in [-0.2, 0) is 22.6 Å². The van der Waals surface area contributed by atoms with Gasteiger partial charge in [-0.2, -0.15) is 25.0 Å². The molecule has 0 aromatic carbocycles. The fourth-order valence-electron chi connectivity index (χ4n) is 2.65. The Bertz CT molecular complexity index is 983. The third-order valence-corrected chi connectivity index (χ3v) is 4.02. The van der Waals surface area contributed by atoms with Crippen molar-refractivity contribution < 1.29 is 9.53 Å². The number of anilines is 2. The van der Waals surface area contributed by atoms with Crippen molar-refractivity contribution in [3.8, 4) is 0 Å². The smallest absolute Gasteiger partial charge is 0.306 e. The maximum Gasteiger partial charge on any atom is 0.306 e. The third kappa shape index (κ3) is 4.07. The molecule has 0 aliphatic carbocycles. The molecular formula is C16H21N9O2. The summed E-state index contributed by atoms with van der Waals surface area (Å²) in [5.41, 5.74) is 8.33. The third-order valence-electron chi connectivity index (χ3n) is 4.02. The number of esters is 1. The maximum atomic E-state index is 12.1. The van der Waals surface area contributed by atoms with Gasteiger partial charge in [0.1, 0.15) is 6.33 Å². The molecule has 0 fully saturated rings. The predicted molar refractivity (Wildman–Crippen MR) is 96.9 cm³/mol. The highest BCUT2D eigenvalue weighted by Gasteiger charge is 2.14. The lowest BCUT2D eigenvalue weighted by Gasteiger charge is -2.12. The molecule has 0 spiro atoms. The zero-order valence-electron chi connectivity index (χ0n) is 15.7. The molecule has 0 radical (unpaired) electrons. The van der Waals surface area contributed by atoms with E-state index in [0.29, 0.717) is 24.0 Å². The molecule has 11 heteroatoms. The summed E-state index contributed by atoms with van der Waals surface area (Å²) < 4.78 is 6.93. The van der Waals surface area contributed by atoms with Crippen LogP contribution in [0.25, 0.3) is 5.78 Å². The van der Waals surface area contributed by atoms with E-state index in [9.17, 15) is 4.79 Å². The first-order chi connectivity index (χ1) is 12.8. The zero-order chi connectivity index (χ0) is 19.6. The number of ether oxygens (including phenoxy) is 1. The van der Waals surface area contributed by atoms with E-state index in [2.05, 4.69) is 30.0 Å². The van der Waals surface area contributed by atoms with Crippen molar-refractivity contribution in [1.29, 1.82) is 0 Å². The van der Waals surface area contributed by atoms with Crippen LogP contribution in [0.15, 0.2) is 6.33 Å². The SMILES string of the molecule is Cc1nc2ncnn2c(C)c1CCC(=O)OCc1nc(N)nc(N(C)C)n1. The first-order valence-corrected chi connectivity index (χ1v) is 8.34. The largest absolute Gasteiger partial charge is 0.457 e. The van der Waals surface area contributed by atoms with Crippen LogP contribution in [0, 0.1) is 13.8 Å². The lowest BCUT2D eigenvalue weighted by atomic mass is 10.1. The number of carbonyl (C=O) groups excluding carboxylic acids is 1. The second kappa shape index (κ2) is 7.48. The van der Waals surface area contributed by atoms with Gasteiger partial charge < -0.3 is 15.4 Å². The van der Waals surface area contributed by atoms with Gasteiger partial charge in [0.2, 0.25) is 11.9 Å². The van der Waals surface area contributed by atoms with Gasteiger partial charge >= 0.3 is 5.97 Å². The predicted octanol–water partition coefficient (Wildman–Crippen LogP) is 0.250. The normalized spacial score (nSPS) is 11.0. The van der Waals surface area contributed by atoms with Gasteiger partial charge in [0.05, 0.1) is 0 Å². The first kappa shape index (κ1) is 18.4. The molecule has 3 heterocycles. The second-order valence-corrected chi connectivity index (χ2v) is 6.20. The highest BCUT2D eigenvalue weighted by Crippen LogP contribution is 2.15. The van der Waals surface area contributed by atoms with Gasteiger partial charge in [0, 0.05) is 31.9 Å². The van der Waals surface area contributed by atoms with Gasteiger partial charge in [-0.3, -0.25) is 4.79 Å². The van der Waals surface area contributed by atoms with Gasteiger partial charge in [-0.25, -0.2) is 9.50 Å². The number of carbonyl (C=O) groups is 1. The van der Waals surface area contributed by atoms with Crippen molar-refractivity contribution >= 4 is 23.6 Å². The Labute approximate surface area is 155 Å². The van der Waals surface area contributed by atoms with Crippen LogP contribution in [0.5, 0.6) is 0 Å². The van der Waals surface area contributed by atoms with E-state index in [1.807, 2.05) is 13.8 Å². The molecule has 0 unspecified atom stereocenters. The Morgan fingerprint density at radius 1 is 1.22 bits per heavy atom. The molecular weight excluding hydrogens is 350 g/mol. The molecule has 2 N–H and O–H groups in total. The number of rotatable bonds is 6. The number of aryl methyl sites for hydroxylation is 2. The van der Waals surface area contributed by atoms with Gasteiger partial charge in [-0.05, 0) is 25.8 Å². The fraction of sp³-hybridized carbons (Fsp3) is 0.438. The molecule has 0 aliphatic heterocycles. The fourth-order valence-corrected chi connectivity index (χ4v) is 2.65. The lowest BCUT2D eigenvalue weighted by molar-refractivity contribution is -0.145. The quantitative estimate of drug-likeness (QED) is 0.600. The molecule has 3 aromatic heterocycles. The Hall–Kier alpha value is -3.37. The topological polar surface area (TPSA) is 137 Å². The molecule has 3 aromatic rings. The van der Waals surface area contributed by atoms with Crippen molar-refractivity contribution in [2.75, 3.05) is 24.7 Å². The summed E-state index contributed by atoms with van der Waals surface area (Å²) in [6.07, 6.45) is 2.14. The summed E-state index contributed by atoms with van der Waals surface area (Å²) in [6.45, 7) is 3.75. The van der Waals surface area contributed by atoms with Crippen LogP contribution in [0.3, 0.4) is 0 Å². The number of fused-ring (bicyclic) bond motifs is 1. The molecule has 0 bridgehead atoms. The molecule has 0 amide bonds. The lowest BCUT2D eigenvalue weighted by Crippen LogP contribution is -2.17. The number of hydrogen-bond acceptors (Lipinski definition) is 10. The molecule has 27 heavy (non-hydrogen) atoms. The zero-order valence-corrected chi connectivity index (χ0v) is 15.7. The Kier molecular flexibility index (Phi) is 5.10. The molecule has 0 atom stereocenters. The summed E-state index contributed by atoms with van der Waals surface area (Å²) in [5, 5.41) is 4.14. The highest BCUT2D eigenvalue weighted by molar-refractivity contribution is 5.69. The van der Waals surface area contributed by atoms with Gasteiger partial charge in [0.25, 0.3) is 5.78 Å². The minimum absolute atomic E-state index is 0.0648. The Morgan fingerprint density at radius 2 is 2.00 bits per heavy atom. The summed E-state index contributed by atoms with van der Waals surface area (Å²) in [5.74, 6) is 0.973. The minimum atomic E-state index is -0.363. The van der Waals surface area contributed by atoms with Crippen LogP contribution in [0.1, 0.15) is 29.2 Å². The number of nitrogens with two attached hydrogens (primary N) is 1. The molecule has 0 aliphatic rings. The number of nitrogens with zero attached hydrogens (tertiary/aromatic N) is 8. The average Bonchev–Trinajstić information content (AvgIpc) is 3.07. The van der Waals surface area contributed by atoms with E-state index in [1.54, 1.807) is 23.5 Å². The van der Waals surface area contributed by atoms with Gasteiger partial charge in [-0.1, -0.05) is 0 Å². The molecule has 142 valence electrons. The maximum absolute atomic E-state index is 12.1. The van der Waals surface area contributed by atoms with Gasteiger partial charge in [-0.15, -0.1) is 0 Å². The van der Waals surface area contributed by atoms with Gasteiger partial charge in [0.15, 0.2) is 12.4 Å². The Morgan fingerprint density at radius 3 is 2.74 bits per heavy atom. The van der Waals surface area contributed by atoms with Crippen LogP contribution >= 0.6 is 0 Å². The standard InChI is InChI=1S/C16H21N9O2/c1-9-11(10(2)25-15(20-9)18-8-19-25)5-6-13(26)27-7-12-21-14(17)23-16(22-12)24(3)4/h8H,5-7H2,1-4H3,(H2,17,21,22,23).